The molecule has 0 aromatic heterocycles. The minimum atomic E-state index is -0.471. The Labute approximate surface area is 191 Å². The third-order valence-electron chi connectivity index (χ3n) is 5.50. The third-order valence-corrected chi connectivity index (χ3v) is 5.50. The molecular weight excluding hydrogens is 418 g/mol. The van der Waals surface area contributed by atoms with Crippen LogP contribution in [0.2, 0.25) is 0 Å². The number of anilines is 1. The maximum Gasteiger partial charge on any atom is 0.296 e. The number of rotatable bonds is 5. The fourth-order valence-electron chi connectivity index (χ4n) is 3.85. The second-order valence-corrected chi connectivity index (χ2v) is 8.18. The van der Waals surface area contributed by atoms with Crippen molar-refractivity contribution in [1.82, 2.24) is 0 Å². The minimum absolute atomic E-state index is 0.0592. The van der Waals surface area contributed by atoms with Crippen molar-refractivity contribution < 1.29 is 14.8 Å². The number of phenols is 1. The van der Waals surface area contributed by atoms with Gasteiger partial charge in [0.05, 0.1) is 10.6 Å². The van der Waals surface area contributed by atoms with Gasteiger partial charge in [0.15, 0.2) is 0 Å². The Morgan fingerprint density at radius 3 is 2.45 bits per heavy atom. The van der Waals surface area contributed by atoms with Crippen LogP contribution in [0.4, 0.5) is 11.4 Å². The van der Waals surface area contributed by atoms with Gasteiger partial charge in [-0.1, -0.05) is 56.3 Å². The van der Waals surface area contributed by atoms with Crippen molar-refractivity contribution >= 4 is 29.2 Å². The van der Waals surface area contributed by atoms with E-state index in [9.17, 15) is 20.0 Å². The van der Waals surface area contributed by atoms with Crippen LogP contribution < -0.4 is 4.90 Å². The number of amidine groups is 1. The number of nitro benzene ring substituents is 1. The molecule has 4 rings (SSSR count). The quantitative estimate of drug-likeness (QED) is 0.317. The normalized spacial score (nSPS) is 14.8. The number of benzene rings is 3. The number of carbonyl (C=O) groups is 1. The van der Waals surface area contributed by atoms with Crippen LogP contribution in [-0.4, -0.2) is 21.8 Å². The van der Waals surface area contributed by atoms with Crippen molar-refractivity contribution in [1.29, 1.82) is 0 Å². The largest absolute Gasteiger partial charge is 0.508 e. The monoisotopic (exact) mass is 441 g/mol. The summed E-state index contributed by atoms with van der Waals surface area (Å²) in [7, 11) is 0. The molecule has 7 heteroatoms. The van der Waals surface area contributed by atoms with Gasteiger partial charge in [0, 0.05) is 17.7 Å². The summed E-state index contributed by atoms with van der Waals surface area (Å²) in [5.41, 5.74) is 3.71. The molecule has 7 nitrogen and oxygen atoms in total. The van der Waals surface area contributed by atoms with E-state index in [4.69, 9.17) is 0 Å². The van der Waals surface area contributed by atoms with E-state index in [1.807, 2.05) is 57.2 Å². The third kappa shape index (κ3) is 4.25. The van der Waals surface area contributed by atoms with Crippen molar-refractivity contribution in [3.05, 3.63) is 105 Å². The van der Waals surface area contributed by atoms with Gasteiger partial charge in [0.1, 0.15) is 17.3 Å². The highest BCUT2D eigenvalue weighted by Gasteiger charge is 2.33. The lowest BCUT2D eigenvalue weighted by Crippen LogP contribution is -2.28. The number of aliphatic imine (C=N–C) groups is 1. The van der Waals surface area contributed by atoms with Gasteiger partial charge in [-0.25, -0.2) is 0 Å². The summed E-state index contributed by atoms with van der Waals surface area (Å²) in [6, 6.07) is 19.0. The van der Waals surface area contributed by atoms with Crippen molar-refractivity contribution in [3.8, 4) is 5.75 Å². The Bertz CT molecular complexity index is 1310. The summed E-state index contributed by atoms with van der Waals surface area (Å²) in [5.74, 6) is 0.267. The number of nitro groups is 1. The molecule has 1 aliphatic rings. The molecule has 0 spiro atoms. The molecule has 0 fully saturated rings. The Morgan fingerprint density at radius 1 is 1.06 bits per heavy atom. The molecule has 3 aromatic carbocycles. The molecule has 0 unspecified atom stereocenters. The van der Waals surface area contributed by atoms with E-state index in [2.05, 4.69) is 4.99 Å². The van der Waals surface area contributed by atoms with E-state index in [0.717, 1.165) is 16.7 Å². The predicted octanol–water partition coefficient (Wildman–Crippen LogP) is 5.57. The van der Waals surface area contributed by atoms with Crippen molar-refractivity contribution in [2.24, 2.45) is 4.99 Å². The van der Waals surface area contributed by atoms with E-state index in [-0.39, 0.29) is 23.1 Å². The van der Waals surface area contributed by atoms with E-state index < -0.39 is 10.8 Å². The van der Waals surface area contributed by atoms with Crippen molar-refractivity contribution in [2.75, 3.05) is 4.90 Å². The first kappa shape index (κ1) is 22.0. The van der Waals surface area contributed by atoms with Gasteiger partial charge in [-0.3, -0.25) is 19.8 Å². The molecule has 0 bridgehead atoms. The number of phenolic OH excluding ortho intramolecular Hbond substituents is 1. The Balaban J connectivity index is 1.93. The molecule has 1 heterocycles. The molecule has 0 aliphatic carbocycles. The summed E-state index contributed by atoms with van der Waals surface area (Å²) in [5, 5.41) is 21.7. The van der Waals surface area contributed by atoms with Gasteiger partial charge in [-0.2, -0.15) is 4.99 Å². The molecule has 1 N–H and O–H groups in total. The molecule has 0 saturated heterocycles. The van der Waals surface area contributed by atoms with Gasteiger partial charge in [-0.05, 0) is 47.7 Å². The molecule has 1 amide bonds. The van der Waals surface area contributed by atoms with Crippen LogP contribution in [0, 0.1) is 17.0 Å². The Morgan fingerprint density at radius 2 is 1.79 bits per heavy atom. The fourth-order valence-corrected chi connectivity index (χ4v) is 3.85. The smallest absolute Gasteiger partial charge is 0.296 e. The molecule has 33 heavy (non-hydrogen) atoms. The number of non-ortho nitro benzene ring substituents is 1. The summed E-state index contributed by atoms with van der Waals surface area (Å²) in [6.45, 7) is 5.82. The Kier molecular flexibility index (Phi) is 5.79. The van der Waals surface area contributed by atoms with Crippen LogP contribution in [0.25, 0.3) is 6.08 Å². The first-order valence-electron chi connectivity index (χ1n) is 10.5. The number of aromatic hydroxyl groups is 1. The molecule has 0 radical (unpaired) electrons. The fraction of sp³-hybridized carbons (Fsp3) is 0.154. The number of aryl methyl sites for hydroxylation is 1. The highest BCUT2D eigenvalue weighted by atomic mass is 16.6. The molecular formula is C26H23N3O4. The van der Waals surface area contributed by atoms with Crippen LogP contribution in [0.5, 0.6) is 5.75 Å². The second kappa shape index (κ2) is 8.70. The SMILES string of the molecule is Cc1cc(O)c(C(C)C)cc1N1C(c2ccccc2)=NC(=O)/C1=C\c1cccc([N+](=O)[O-])c1. The molecule has 0 atom stereocenters. The Hall–Kier alpha value is -4.26. The molecule has 166 valence electrons. The summed E-state index contributed by atoms with van der Waals surface area (Å²) in [6.07, 6.45) is 1.61. The molecule has 0 saturated carbocycles. The number of carbonyl (C=O) groups excluding carboxylic acids is 1. The molecule has 3 aromatic rings. The van der Waals surface area contributed by atoms with Gasteiger partial charge >= 0.3 is 0 Å². The number of amides is 1. The first-order chi connectivity index (χ1) is 15.8. The number of hydrogen-bond acceptors (Lipinski definition) is 5. The highest BCUT2D eigenvalue weighted by Crippen LogP contribution is 2.37. The lowest BCUT2D eigenvalue weighted by Gasteiger charge is -2.25. The van der Waals surface area contributed by atoms with Gasteiger partial charge in [0.25, 0.3) is 11.6 Å². The molecule has 1 aliphatic heterocycles. The topological polar surface area (TPSA) is 96.0 Å². The average Bonchev–Trinajstić information content (AvgIpc) is 3.10. The standard InChI is InChI=1S/C26H23N3O4/c1-16(2)21-15-22(17(3)12-24(21)30)28-23(14-18-8-7-11-20(13-18)29(32)33)26(31)27-25(28)19-9-5-4-6-10-19/h4-16,30H,1-3H3/b23-14+. The van der Waals surface area contributed by atoms with Crippen molar-refractivity contribution in [2.45, 2.75) is 26.7 Å². The zero-order valence-electron chi connectivity index (χ0n) is 18.5. The summed E-state index contributed by atoms with van der Waals surface area (Å²) in [4.78, 5) is 29.9. The average molecular weight is 441 g/mol. The lowest BCUT2D eigenvalue weighted by molar-refractivity contribution is -0.384. The van der Waals surface area contributed by atoms with E-state index in [1.165, 1.54) is 12.1 Å². The highest BCUT2D eigenvalue weighted by molar-refractivity contribution is 6.28. The zero-order valence-corrected chi connectivity index (χ0v) is 18.5. The van der Waals surface area contributed by atoms with E-state index >= 15 is 0 Å². The minimum Gasteiger partial charge on any atom is -0.508 e. The van der Waals surface area contributed by atoms with Crippen molar-refractivity contribution in [3.63, 3.8) is 0 Å². The van der Waals surface area contributed by atoms with Crippen LogP contribution in [0.3, 0.4) is 0 Å². The maximum atomic E-state index is 13.1. The van der Waals surface area contributed by atoms with Crippen LogP contribution >= 0.6 is 0 Å². The summed E-state index contributed by atoms with van der Waals surface area (Å²) >= 11 is 0. The van der Waals surface area contributed by atoms with E-state index in [1.54, 1.807) is 29.2 Å². The zero-order chi connectivity index (χ0) is 23.7. The van der Waals surface area contributed by atoms with E-state index in [0.29, 0.717) is 17.1 Å². The number of nitrogens with zero attached hydrogens (tertiary/aromatic N) is 3. The van der Waals surface area contributed by atoms with Gasteiger partial charge in [0.2, 0.25) is 0 Å². The van der Waals surface area contributed by atoms with Crippen LogP contribution in [-0.2, 0) is 4.79 Å². The first-order valence-corrected chi connectivity index (χ1v) is 10.5. The van der Waals surface area contributed by atoms with Gasteiger partial charge < -0.3 is 5.11 Å². The maximum absolute atomic E-state index is 13.1. The second-order valence-electron chi connectivity index (χ2n) is 8.18. The van der Waals surface area contributed by atoms with Crippen LogP contribution in [0.1, 0.15) is 42.0 Å². The summed E-state index contributed by atoms with van der Waals surface area (Å²) < 4.78 is 0. The number of hydrogen-bond donors (Lipinski definition) is 1. The van der Waals surface area contributed by atoms with Crippen LogP contribution in [0.15, 0.2) is 77.4 Å². The lowest BCUT2D eigenvalue weighted by atomic mass is 9.98. The van der Waals surface area contributed by atoms with Gasteiger partial charge in [-0.15, -0.1) is 0 Å². The predicted molar refractivity (Wildman–Crippen MR) is 128 cm³/mol.